The van der Waals surface area contributed by atoms with E-state index in [1.165, 1.54) is 11.3 Å². The van der Waals surface area contributed by atoms with Crippen LogP contribution in [-0.4, -0.2) is 55.6 Å². The van der Waals surface area contributed by atoms with Gasteiger partial charge in [0.05, 0.1) is 31.1 Å². The number of rotatable bonds is 4. The molecule has 3 aromatic heterocycles. The number of ether oxygens (including phenoxy) is 1. The molecule has 0 bridgehead atoms. The molecule has 1 N–H and O–H groups in total. The average molecular weight is 410 g/mol. The number of likely N-dealkylation sites (tertiary alicyclic amines) is 1. The van der Waals surface area contributed by atoms with Gasteiger partial charge in [0, 0.05) is 47.9 Å². The highest BCUT2D eigenvalue weighted by molar-refractivity contribution is 5.94. The fraction of sp³-hybridized carbons (Fsp3) is 0.524. The van der Waals surface area contributed by atoms with Crippen molar-refractivity contribution in [2.75, 3.05) is 19.7 Å². The molecule has 9 heteroatoms. The summed E-state index contributed by atoms with van der Waals surface area (Å²) in [4.78, 5) is 15.1. The van der Waals surface area contributed by atoms with Gasteiger partial charge in [0.25, 0.3) is 5.91 Å². The SMILES string of the molecule is Cc1cc(C)n(Cc2c(C(=O)N3CCC(c4n[nH]c5c4COCC5)C3)noc2C)n1. The molecule has 1 atom stereocenters. The molecule has 0 saturated carbocycles. The quantitative estimate of drug-likeness (QED) is 0.708. The molecular formula is C21H26N6O3. The molecule has 158 valence electrons. The Morgan fingerprint density at radius 3 is 3.00 bits per heavy atom. The van der Waals surface area contributed by atoms with Gasteiger partial charge in [-0.3, -0.25) is 14.6 Å². The zero-order valence-corrected chi connectivity index (χ0v) is 17.6. The van der Waals surface area contributed by atoms with E-state index in [0.717, 1.165) is 42.1 Å². The number of fused-ring (bicyclic) bond motifs is 1. The summed E-state index contributed by atoms with van der Waals surface area (Å²) < 4.78 is 12.9. The van der Waals surface area contributed by atoms with Crippen molar-refractivity contribution in [2.45, 2.75) is 52.7 Å². The van der Waals surface area contributed by atoms with Gasteiger partial charge < -0.3 is 14.2 Å². The molecule has 2 aliphatic heterocycles. The third-order valence-electron chi connectivity index (χ3n) is 6.19. The van der Waals surface area contributed by atoms with Crippen LogP contribution in [0.1, 0.15) is 62.5 Å². The van der Waals surface area contributed by atoms with E-state index in [2.05, 4.69) is 20.5 Å². The van der Waals surface area contributed by atoms with Gasteiger partial charge in [0.1, 0.15) is 5.76 Å². The minimum atomic E-state index is -0.0912. The van der Waals surface area contributed by atoms with Crippen LogP contribution in [0, 0.1) is 20.8 Å². The van der Waals surface area contributed by atoms with E-state index >= 15 is 0 Å². The zero-order chi connectivity index (χ0) is 20.8. The Labute approximate surface area is 174 Å². The fourth-order valence-corrected chi connectivity index (χ4v) is 4.52. The topological polar surface area (TPSA) is 102 Å². The summed E-state index contributed by atoms with van der Waals surface area (Å²) >= 11 is 0. The maximum absolute atomic E-state index is 13.3. The van der Waals surface area contributed by atoms with Crippen molar-refractivity contribution in [3.8, 4) is 0 Å². The molecular weight excluding hydrogens is 384 g/mol. The average Bonchev–Trinajstić information content (AvgIpc) is 3.49. The van der Waals surface area contributed by atoms with Gasteiger partial charge in [-0.15, -0.1) is 0 Å². The summed E-state index contributed by atoms with van der Waals surface area (Å²) in [6.45, 7) is 8.90. The van der Waals surface area contributed by atoms with Crippen LogP contribution in [0.3, 0.4) is 0 Å². The smallest absolute Gasteiger partial charge is 0.276 e. The van der Waals surface area contributed by atoms with E-state index in [9.17, 15) is 4.79 Å². The van der Waals surface area contributed by atoms with Gasteiger partial charge in [-0.2, -0.15) is 10.2 Å². The van der Waals surface area contributed by atoms with Crippen molar-refractivity contribution < 1.29 is 14.1 Å². The van der Waals surface area contributed by atoms with E-state index < -0.39 is 0 Å². The second kappa shape index (κ2) is 7.39. The number of H-pyrrole nitrogens is 1. The van der Waals surface area contributed by atoms with Crippen molar-refractivity contribution in [3.05, 3.63) is 51.4 Å². The van der Waals surface area contributed by atoms with Crippen LogP contribution >= 0.6 is 0 Å². The minimum absolute atomic E-state index is 0.0912. The number of aromatic amines is 1. The summed E-state index contributed by atoms with van der Waals surface area (Å²) in [5.74, 6) is 0.773. The Hall–Kier alpha value is -2.94. The first-order chi connectivity index (χ1) is 14.5. The van der Waals surface area contributed by atoms with Crippen LogP contribution in [0.25, 0.3) is 0 Å². The molecule has 0 aromatic carbocycles. The van der Waals surface area contributed by atoms with E-state index in [0.29, 0.717) is 37.7 Å². The third-order valence-corrected chi connectivity index (χ3v) is 6.19. The molecule has 2 aliphatic rings. The van der Waals surface area contributed by atoms with Crippen LogP contribution in [0.2, 0.25) is 0 Å². The first kappa shape index (κ1) is 19.0. The maximum atomic E-state index is 13.3. The predicted octanol–water partition coefficient (Wildman–Crippen LogP) is 2.27. The number of nitrogens with zero attached hydrogens (tertiary/aromatic N) is 5. The third kappa shape index (κ3) is 3.23. The number of carbonyl (C=O) groups is 1. The van der Waals surface area contributed by atoms with E-state index in [1.54, 1.807) is 0 Å². The first-order valence-electron chi connectivity index (χ1n) is 10.4. The Bertz CT molecular complexity index is 1090. The highest BCUT2D eigenvalue weighted by atomic mass is 16.5. The first-order valence-corrected chi connectivity index (χ1v) is 10.4. The maximum Gasteiger partial charge on any atom is 0.276 e. The van der Waals surface area contributed by atoms with Crippen LogP contribution in [0.5, 0.6) is 0 Å². The minimum Gasteiger partial charge on any atom is -0.376 e. The van der Waals surface area contributed by atoms with Gasteiger partial charge in [-0.1, -0.05) is 5.16 Å². The van der Waals surface area contributed by atoms with Crippen LogP contribution in [0.15, 0.2) is 10.6 Å². The molecule has 0 aliphatic carbocycles. The summed E-state index contributed by atoms with van der Waals surface area (Å²) in [6.07, 6.45) is 1.75. The monoisotopic (exact) mass is 410 g/mol. The van der Waals surface area contributed by atoms with Gasteiger partial charge >= 0.3 is 0 Å². The van der Waals surface area contributed by atoms with Crippen LogP contribution in [-0.2, 0) is 24.3 Å². The van der Waals surface area contributed by atoms with E-state index in [4.69, 9.17) is 9.26 Å². The van der Waals surface area contributed by atoms with Crippen molar-refractivity contribution in [2.24, 2.45) is 0 Å². The second-order valence-electron chi connectivity index (χ2n) is 8.26. The Balaban J connectivity index is 1.35. The molecule has 1 fully saturated rings. The standard InChI is InChI=1S/C21H26N6O3/c1-12-8-13(2)27(24-12)10-16-14(3)30-25-20(16)21(28)26-6-4-15(9-26)19-17-11-29-7-5-18(17)22-23-19/h8,15H,4-7,9-11H2,1-3H3,(H,22,23). The van der Waals surface area contributed by atoms with Crippen LogP contribution in [0.4, 0.5) is 0 Å². The van der Waals surface area contributed by atoms with Crippen molar-refractivity contribution in [1.29, 1.82) is 0 Å². The van der Waals surface area contributed by atoms with Gasteiger partial charge in [0.15, 0.2) is 5.69 Å². The van der Waals surface area contributed by atoms with E-state index in [1.807, 2.05) is 36.4 Å². The number of amides is 1. The lowest BCUT2D eigenvalue weighted by Gasteiger charge is -2.17. The summed E-state index contributed by atoms with van der Waals surface area (Å²) in [5.41, 5.74) is 6.54. The summed E-state index contributed by atoms with van der Waals surface area (Å²) in [6, 6.07) is 2.02. The van der Waals surface area contributed by atoms with Crippen molar-refractivity contribution in [1.82, 2.24) is 30.0 Å². The number of aryl methyl sites for hydroxylation is 3. The number of nitrogens with one attached hydrogen (secondary N) is 1. The van der Waals surface area contributed by atoms with Gasteiger partial charge in [-0.05, 0) is 33.3 Å². The molecule has 30 heavy (non-hydrogen) atoms. The Morgan fingerprint density at radius 1 is 1.33 bits per heavy atom. The molecule has 1 unspecified atom stereocenters. The number of hydrogen-bond acceptors (Lipinski definition) is 6. The highest BCUT2D eigenvalue weighted by Crippen LogP contribution is 2.32. The van der Waals surface area contributed by atoms with Crippen molar-refractivity contribution in [3.63, 3.8) is 0 Å². The molecule has 9 nitrogen and oxygen atoms in total. The molecule has 0 radical (unpaired) electrons. The molecule has 5 rings (SSSR count). The lowest BCUT2D eigenvalue weighted by molar-refractivity contribution is 0.0779. The largest absolute Gasteiger partial charge is 0.376 e. The molecule has 1 amide bonds. The van der Waals surface area contributed by atoms with Crippen molar-refractivity contribution >= 4 is 5.91 Å². The Morgan fingerprint density at radius 2 is 2.20 bits per heavy atom. The van der Waals surface area contributed by atoms with E-state index in [-0.39, 0.29) is 11.8 Å². The lowest BCUT2D eigenvalue weighted by atomic mass is 9.98. The summed E-state index contributed by atoms with van der Waals surface area (Å²) in [5, 5.41) is 16.3. The molecule has 5 heterocycles. The second-order valence-corrected chi connectivity index (χ2v) is 8.26. The van der Waals surface area contributed by atoms with Gasteiger partial charge in [-0.25, -0.2) is 0 Å². The number of carbonyl (C=O) groups excluding carboxylic acids is 1. The lowest BCUT2D eigenvalue weighted by Crippen LogP contribution is -2.30. The zero-order valence-electron chi connectivity index (χ0n) is 17.6. The molecule has 0 spiro atoms. The molecule has 1 saturated heterocycles. The van der Waals surface area contributed by atoms with Crippen LogP contribution < -0.4 is 0 Å². The van der Waals surface area contributed by atoms with Gasteiger partial charge in [0.2, 0.25) is 0 Å². The fourth-order valence-electron chi connectivity index (χ4n) is 4.52. The Kier molecular flexibility index (Phi) is 4.69. The predicted molar refractivity (Wildman–Crippen MR) is 107 cm³/mol. The normalized spacial score (nSPS) is 18.8. The number of hydrogen-bond donors (Lipinski definition) is 1. The number of aromatic nitrogens is 5. The molecule has 3 aromatic rings. The highest BCUT2D eigenvalue weighted by Gasteiger charge is 2.34. The summed E-state index contributed by atoms with van der Waals surface area (Å²) in [7, 11) is 0.